The Labute approximate surface area is 89.7 Å². The number of aromatic nitrogens is 2. The van der Waals surface area contributed by atoms with E-state index in [1.807, 2.05) is 12.5 Å². The van der Waals surface area contributed by atoms with Crippen molar-refractivity contribution in [2.45, 2.75) is 45.2 Å². The van der Waals surface area contributed by atoms with Crippen LogP contribution >= 0.6 is 0 Å². The van der Waals surface area contributed by atoms with Gasteiger partial charge < -0.3 is 9.88 Å². The lowest BCUT2D eigenvalue weighted by Gasteiger charge is -2.14. The fourth-order valence-corrected chi connectivity index (χ4v) is 2.04. The van der Waals surface area contributed by atoms with Gasteiger partial charge in [-0.25, -0.2) is 4.98 Å². The van der Waals surface area contributed by atoms with Crippen LogP contribution in [0.2, 0.25) is 0 Å². The second-order valence-electron chi connectivity index (χ2n) is 4.39. The minimum absolute atomic E-state index is 0.176. The number of rotatable bonds is 3. The molecule has 0 aromatic carbocycles. The molecule has 1 saturated heterocycles. The lowest BCUT2D eigenvalue weighted by Crippen LogP contribution is -2.28. The topological polar surface area (TPSA) is 46.9 Å². The zero-order chi connectivity index (χ0) is 10.8. The molecule has 0 radical (unpaired) electrons. The van der Waals surface area contributed by atoms with E-state index in [1.165, 1.54) is 5.69 Å². The molecule has 0 aliphatic carbocycles. The first kappa shape index (κ1) is 10.2. The molecule has 1 aromatic rings. The lowest BCUT2D eigenvalue weighted by atomic mass is 10.1. The minimum Gasteiger partial charge on any atom is -0.353 e. The van der Waals surface area contributed by atoms with Crippen molar-refractivity contribution in [3.05, 3.63) is 18.2 Å². The summed E-state index contributed by atoms with van der Waals surface area (Å²) in [7, 11) is 0. The molecule has 1 unspecified atom stereocenters. The van der Waals surface area contributed by atoms with Crippen molar-refractivity contribution < 1.29 is 4.79 Å². The molecule has 0 spiro atoms. The normalized spacial score (nSPS) is 21.0. The van der Waals surface area contributed by atoms with E-state index < -0.39 is 0 Å². The van der Waals surface area contributed by atoms with E-state index in [0.717, 1.165) is 12.8 Å². The Morgan fingerprint density at radius 2 is 2.47 bits per heavy atom. The van der Waals surface area contributed by atoms with Gasteiger partial charge in [0.1, 0.15) is 0 Å². The monoisotopic (exact) mass is 207 g/mol. The van der Waals surface area contributed by atoms with Gasteiger partial charge in [0, 0.05) is 36.8 Å². The first-order valence-corrected chi connectivity index (χ1v) is 5.47. The zero-order valence-corrected chi connectivity index (χ0v) is 9.23. The first-order valence-electron chi connectivity index (χ1n) is 5.47. The van der Waals surface area contributed by atoms with Crippen molar-refractivity contribution in [2.75, 3.05) is 0 Å². The molecule has 1 aliphatic heterocycles. The fourth-order valence-electron chi connectivity index (χ4n) is 2.04. The van der Waals surface area contributed by atoms with Crippen molar-refractivity contribution in [3.63, 3.8) is 0 Å². The molecule has 1 atom stereocenters. The van der Waals surface area contributed by atoms with Gasteiger partial charge in [0.05, 0.1) is 6.33 Å². The number of carbonyl (C=O) groups excluding carboxylic acids is 1. The Balaban J connectivity index is 2.04. The van der Waals surface area contributed by atoms with Crippen LogP contribution in [-0.4, -0.2) is 21.5 Å². The van der Waals surface area contributed by atoms with Gasteiger partial charge in [-0.15, -0.1) is 0 Å². The molecule has 1 aliphatic rings. The van der Waals surface area contributed by atoms with E-state index in [9.17, 15) is 4.79 Å². The number of hydrogen-bond donors (Lipinski definition) is 1. The number of nitrogens with zero attached hydrogens (tertiary/aromatic N) is 2. The standard InChI is InChI=1S/C11H17N3O/c1-8(2)14-7-12-6-10(14)5-9-3-4-11(15)13-9/h6-9H,3-5H2,1-2H3,(H,13,15). The summed E-state index contributed by atoms with van der Waals surface area (Å²) in [4.78, 5) is 15.2. The second-order valence-corrected chi connectivity index (χ2v) is 4.39. The zero-order valence-electron chi connectivity index (χ0n) is 9.23. The molecule has 0 saturated carbocycles. The third-order valence-corrected chi connectivity index (χ3v) is 2.84. The van der Waals surface area contributed by atoms with E-state index in [4.69, 9.17) is 0 Å². The summed E-state index contributed by atoms with van der Waals surface area (Å²) >= 11 is 0. The van der Waals surface area contributed by atoms with Gasteiger partial charge >= 0.3 is 0 Å². The second kappa shape index (κ2) is 4.04. The third-order valence-electron chi connectivity index (χ3n) is 2.84. The lowest BCUT2D eigenvalue weighted by molar-refractivity contribution is -0.119. The molecule has 4 nitrogen and oxygen atoms in total. The molecule has 15 heavy (non-hydrogen) atoms. The average Bonchev–Trinajstić information content (AvgIpc) is 2.75. The Morgan fingerprint density at radius 3 is 3.07 bits per heavy atom. The third kappa shape index (κ3) is 2.19. The summed E-state index contributed by atoms with van der Waals surface area (Å²) in [5, 5.41) is 2.98. The first-order chi connectivity index (χ1) is 7.16. The summed E-state index contributed by atoms with van der Waals surface area (Å²) < 4.78 is 2.16. The SMILES string of the molecule is CC(C)n1cncc1CC1CCC(=O)N1. The Bertz CT molecular complexity index is 356. The van der Waals surface area contributed by atoms with Crippen molar-refractivity contribution in [1.82, 2.24) is 14.9 Å². The van der Waals surface area contributed by atoms with Crippen molar-refractivity contribution in [3.8, 4) is 0 Å². The molecule has 4 heteroatoms. The summed E-state index contributed by atoms with van der Waals surface area (Å²) in [6.07, 6.45) is 6.26. The number of hydrogen-bond acceptors (Lipinski definition) is 2. The van der Waals surface area contributed by atoms with E-state index in [2.05, 4.69) is 28.7 Å². The maximum atomic E-state index is 11.1. The molecule has 0 bridgehead atoms. The van der Waals surface area contributed by atoms with Crippen LogP contribution in [0.3, 0.4) is 0 Å². The van der Waals surface area contributed by atoms with Crippen LogP contribution in [0.15, 0.2) is 12.5 Å². The summed E-state index contributed by atoms with van der Waals surface area (Å²) in [5.74, 6) is 0.176. The molecular formula is C11H17N3O. The molecule has 82 valence electrons. The van der Waals surface area contributed by atoms with Crippen LogP contribution in [0.5, 0.6) is 0 Å². The summed E-state index contributed by atoms with van der Waals surface area (Å²) in [6, 6.07) is 0.728. The maximum absolute atomic E-state index is 11.1. The molecule has 1 aromatic heterocycles. The highest BCUT2D eigenvalue weighted by Crippen LogP contribution is 2.15. The van der Waals surface area contributed by atoms with Crippen LogP contribution in [0.4, 0.5) is 0 Å². The van der Waals surface area contributed by atoms with Crippen LogP contribution < -0.4 is 5.32 Å². The quantitative estimate of drug-likeness (QED) is 0.811. The number of carbonyl (C=O) groups is 1. The summed E-state index contributed by atoms with van der Waals surface area (Å²) in [6.45, 7) is 4.27. The Hall–Kier alpha value is -1.32. The highest BCUT2D eigenvalue weighted by molar-refractivity contribution is 5.78. The number of nitrogens with one attached hydrogen (secondary N) is 1. The van der Waals surface area contributed by atoms with Gasteiger partial charge in [-0.1, -0.05) is 0 Å². The van der Waals surface area contributed by atoms with Gasteiger partial charge in [0.15, 0.2) is 0 Å². The van der Waals surface area contributed by atoms with E-state index >= 15 is 0 Å². The van der Waals surface area contributed by atoms with E-state index in [0.29, 0.717) is 18.5 Å². The maximum Gasteiger partial charge on any atom is 0.220 e. The molecular weight excluding hydrogens is 190 g/mol. The van der Waals surface area contributed by atoms with Crippen LogP contribution in [0, 0.1) is 0 Å². The summed E-state index contributed by atoms with van der Waals surface area (Å²) in [5.41, 5.74) is 1.21. The largest absolute Gasteiger partial charge is 0.353 e. The van der Waals surface area contributed by atoms with Gasteiger partial charge in [0.2, 0.25) is 5.91 Å². The highest BCUT2D eigenvalue weighted by Gasteiger charge is 2.22. The van der Waals surface area contributed by atoms with E-state index in [-0.39, 0.29) is 5.91 Å². The van der Waals surface area contributed by atoms with Crippen LogP contribution in [0.25, 0.3) is 0 Å². The van der Waals surface area contributed by atoms with Crippen molar-refractivity contribution in [1.29, 1.82) is 0 Å². The van der Waals surface area contributed by atoms with Gasteiger partial charge in [0.25, 0.3) is 0 Å². The van der Waals surface area contributed by atoms with Crippen molar-refractivity contribution in [2.24, 2.45) is 0 Å². The molecule has 2 rings (SSSR count). The van der Waals surface area contributed by atoms with Gasteiger partial charge in [-0.05, 0) is 20.3 Å². The predicted octanol–water partition coefficient (Wildman–Crippen LogP) is 1.29. The smallest absolute Gasteiger partial charge is 0.220 e. The van der Waals surface area contributed by atoms with Gasteiger partial charge in [-0.2, -0.15) is 0 Å². The molecule has 1 amide bonds. The van der Waals surface area contributed by atoms with E-state index in [1.54, 1.807) is 0 Å². The molecule has 2 heterocycles. The van der Waals surface area contributed by atoms with Crippen LogP contribution in [0.1, 0.15) is 38.4 Å². The average molecular weight is 207 g/mol. The number of amides is 1. The van der Waals surface area contributed by atoms with Gasteiger partial charge in [-0.3, -0.25) is 4.79 Å². The number of imidazole rings is 1. The Kier molecular flexibility index (Phi) is 2.75. The fraction of sp³-hybridized carbons (Fsp3) is 0.636. The molecule has 1 fully saturated rings. The predicted molar refractivity (Wildman–Crippen MR) is 57.5 cm³/mol. The molecule has 1 N–H and O–H groups in total. The Morgan fingerprint density at radius 1 is 1.67 bits per heavy atom. The van der Waals surface area contributed by atoms with Crippen LogP contribution in [-0.2, 0) is 11.2 Å². The highest BCUT2D eigenvalue weighted by atomic mass is 16.1. The van der Waals surface area contributed by atoms with Crippen molar-refractivity contribution >= 4 is 5.91 Å². The minimum atomic E-state index is 0.176.